The van der Waals surface area contributed by atoms with E-state index in [9.17, 15) is 9.18 Å². The summed E-state index contributed by atoms with van der Waals surface area (Å²) in [6.45, 7) is 2.31. The van der Waals surface area contributed by atoms with Gasteiger partial charge in [0.05, 0.1) is 6.54 Å². The highest BCUT2D eigenvalue weighted by Gasteiger charge is 2.34. The van der Waals surface area contributed by atoms with Crippen LogP contribution in [0.5, 0.6) is 0 Å². The molecule has 0 spiro atoms. The molecule has 2 rings (SSSR count). The lowest BCUT2D eigenvalue weighted by atomic mass is 9.90. The summed E-state index contributed by atoms with van der Waals surface area (Å²) in [5.41, 5.74) is 0.447. The zero-order valence-corrected chi connectivity index (χ0v) is 9.23. The van der Waals surface area contributed by atoms with E-state index in [1.165, 1.54) is 12.1 Å². The Morgan fingerprint density at radius 2 is 2.20 bits per heavy atom. The number of rotatable bonds is 1. The molecule has 1 atom stereocenters. The van der Waals surface area contributed by atoms with Crippen LogP contribution < -0.4 is 5.32 Å². The van der Waals surface area contributed by atoms with E-state index in [1.807, 2.05) is 13.0 Å². The molecule has 1 fully saturated rings. The highest BCUT2D eigenvalue weighted by atomic mass is 35.5. The summed E-state index contributed by atoms with van der Waals surface area (Å²) in [6.07, 6.45) is 0.441. The lowest BCUT2D eigenvalue weighted by Gasteiger charge is -2.23. The summed E-state index contributed by atoms with van der Waals surface area (Å²) >= 11 is 0. The molecule has 1 aromatic carbocycles. The number of carbonyl (C=O) groups excluding carboxylic acids is 1. The van der Waals surface area contributed by atoms with E-state index in [0.717, 1.165) is 5.56 Å². The van der Waals surface area contributed by atoms with Crippen molar-refractivity contribution in [3.8, 4) is 0 Å². The van der Waals surface area contributed by atoms with Crippen LogP contribution in [0.2, 0.25) is 0 Å². The molecule has 0 saturated carbocycles. The van der Waals surface area contributed by atoms with Crippen LogP contribution in [0.1, 0.15) is 18.9 Å². The van der Waals surface area contributed by atoms with E-state index >= 15 is 0 Å². The predicted molar refractivity (Wildman–Crippen MR) is 58.6 cm³/mol. The maximum Gasteiger partial charge on any atom is 0.148 e. The van der Waals surface area contributed by atoms with E-state index in [-0.39, 0.29) is 29.5 Å². The number of nitrogens with one attached hydrogen (secondary N) is 1. The zero-order chi connectivity index (χ0) is 10.2. The number of ketones is 1. The normalized spacial score (nSPS) is 25.1. The molecule has 1 aliphatic rings. The standard InChI is InChI=1S/C11H12FNO.ClH/c1-11(6-10(14)7-13-11)8-3-2-4-9(12)5-8;/h2-5,13H,6-7H2,1H3;1H. The van der Waals surface area contributed by atoms with Crippen LogP contribution >= 0.6 is 12.4 Å². The van der Waals surface area contributed by atoms with Gasteiger partial charge >= 0.3 is 0 Å². The summed E-state index contributed by atoms with van der Waals surface area (Å²) in [4.78, 5) is 11.2. The van der Waals surface area contributed by atoms with Crippen LogP contribution in [0.25, 0.3) is 0 Å². The number of benzene rings is 1. The van der Waals surface area contributed by atoms with E-state index in [1.54, 1.807) is 6.07 Å². The van der Waals surface area contributed by atoms with E-state index in [0.29, 0.717) is 13.0 Å². The van der Waals surface area contributed by atoms with Crippen molar-refractivity contribution in [3.63, 3.8) is 0 Å². The highest BCUT2D eigenvalue weighted by molar-refractivity contribution is 5.85. The minimum absolute atomic E-state index is 0. The maximum atomic E-state index is 13.0. The van der Waals surface area contributed by atoms with E-state index < -0.39 is 0 Å². The molecule has 1 heterocycles. The fourth-order valence-corrected chi connectivity index (χ4v) is 1.85. The first kappa shape index (κ1) is 12.1. The highest BCUT2D eigenvalue weighted by Crippen LogP contribution is 2.28. The fraction of sp³-hybridized carbons (Fsp3) is 0.364. The first-order valence-electron chi connectivity index (χ1n) is 4.63. The van der Waals surface area contributed by atoms with Gasteiger partial charge in [-0.25, -0.2) is 4.39 Å². The Balaban J connectivity index is 0.00000112. The molecule has 4 heteroatoms. The maximum absolute atomic E-state index is 13.0. The summed E-state index contributed by atoms with van der Waals surface area (Å²) in [5, 5.41) is 3.11. The molecule has 15 heavy (non-hydrogen) atoms. The number of hydrogen-bond donors (Lipinski definition) is 1. The monoisotopic (exact) mass is 229 g/mol. The molecule has 0 amide bonds. The lowest BCUT2D eigenvalue weighted by molar-refractivity contribution is -0.116. The van der Waals surface area contributed by atoms with Gasteiger partial charge in [0, 0.05) is 12.0 Å². The van der Waals surface area contributed by atoms with E-state index in [4.69, 9.17) is 0 Å². The smallest absolute Gasteiger partial charge is 0.148 e. The number of hydrogen-bond acceptors (Lipinski definition) is 2. The lowest BCUT2D eigenvalue weighted by Crippen LogP contribution is -2.33. The van der Waals surface area contributed by atoms with Crippen molar-refractivity contribution in [2.24, 2.45) is 0 Å². The van der Waals surface area contributed by atoms with Crippen molar-refractivity contribution in [1.82, 2.24) is 5.32 Å². The molecule has 0 radical (unpaired) electrons. The molecule has 0 aromatic heterocycles. The average molecular weight is 230 g/mol. The third-order valence-electron chi connectivity index (χ3n) is 2.69. The Bertz CT molecular complexity index is 383. The molecule has 1 aromatic rings. The zero-order valence-electron chi connectivity index (χ0n) is 8.42. The number of carbonyl (C=O) groups is 1. The van der Waals surface area contributed by atoms with Crippen LogP contribution in [0.15, 0.2) is 24.3 Å². The third-order valence-corrected chi connectivity index (χ3v) is 2.69. The summed E-state index contributed by atoms with van der Waals surface area (Å²) in [5.74, 6) is -0.0818. The van der Waals surface area contributed by atoms with Crippen molar-refractivity contribution in [1.29, 1.82) is 0 Å². The van der Waals surface area contributed by atoms with Crippen LogP contribution in [0.3, 0.4) is 0 Å². The second-order valence-corrected chi connectivity index (χ2v) is 3.91. The molecule has 2 nitrogen and oxygen atoms in total. The molecule has 1 N–H and O–H groups in total. The van der Waals surface area contributed by atoms with Crippen molar-refractivity contribution < 1.29 is 9.18 Å². The molecular weight excluding hydrogens is 217 g/mol. The predicted octanol–water partition coefficient (Wildman–Crippen LogP) is 2.03. The van der Waals surface area contributed by atoms with Gasteiger partial charge in [0.25, 0.3) is 0 Å². The Kier molecular flexibility index (Phi) is 3.47. The molecule has 0 aliphatic carbocycles. The molecule has 0 bridgehead atoms. The van der Waals surface area contributed by atoms with Crippen LogP contribution in [0.4, 0.5) is 4.39 Å². The Hall–Kier alpha value is -0.930. The van der Waals surface area contributed by atoms with Crippen LogP contribution in [-0.4, -0.2) is 12.3 Å². The molecule has 82 valence electrons. The van der Waals surface area contributed by atoms with Crippen molar-refractivity contribution in [2.75, 3.05) is 6.54 Å². The van der Waals surface area contributed by atoms with Crippen molar-refractivity contribution >= 4 is 18.2 Å². The Labute approximate surface area is 94.3 Å². The van der Waals surface area contributed by atoms with Crippen molar-refractivity contribution in [3.05, 3.63) is 35.6 Å². The van der Waals surface area contributed by atoms with Gasteiger partial charge in [-0.05, 0) is 24.6 Å². The van der Waals surface area contributed by atoms with Gasteiger partial charge in [0.15, 0.2) is 0 Å². The van der Waals surface area contributed by atoms with Gasteiger partial charge in [-0.3, -0.25) is 4.79 Å². The molecule has 1 aliphatic heterocycles. The van der Waals surface area contributed by atoms with Gasteiger partial charge in [-0.15, -0.1) is 12.4 Å². The number of Topliss-reactive ketones (excluding diaryl/α,β-unsaturated/α-hetero) is 1. The Morgan fingerprint density at radius 3 is 2.73 bits per heavy atom. The first-order valence-corrected chi connectivity index (χ1v) is 4.63. The largest absolute Gasteiger partial charge is 0.300 e. The summed E-state index contributed by atoms with van der Waals surface area (Å²) in [7, 11) is 0. The van der Waals surface area contributed by atoms with Crippen LogP contribution in [0, 0.1) is 5.82 Å². The van der Waals surface area contributed by atoms with E-state index in [2.05, 4.69) is 5.32 Å². The third kappa shape index (κ3) is 2.36. The summed E-state index contributed by atoms with van der Waals surface area (Å²) in [6, 6.07) is 6.39. The SMILES string of the molecule is CC1(c2cccc(F)c2)CC(=O)CN1.Cl. The topological polar surface area (TPSA) is 29.1 Å². The quantitative estimate of drug-likeness (QED) is 0.799. The Morgan fingerprint density at radius 1 is 1.47 bits per heavy atom. The molecule has 1 unspecified atom stereocenters. The van der Waals surface area contributed by atoms with Gasteiger partial charge in [0.2, 0.25) is 0 Å². The fourth-order valence-electron chi connectivity index (χ4n) is 1.85. The van der Waals surface area contributed by atoms with Gasteiger partial charge < -0.3 is 5.32 Å². The molecule has 1 saturated heterocycles. The molecular formula is C11H13ClFNO. The number of halogens is 2. The van der Waals surface area contributed by atoms with Gasteiger partial charge in [-0.1, -0.05) is 12.1 Å². The van der Waals surface area contributed by atoms with Crippen molar-refractivity contribution in [2.45, 2.75) is 18.9 Å². The second kappa shape index (κ2) is 4.29. The second-order valence-electron chi connectivity index (χ2n) is 3.91. The first-order chi connectivity index (χ1) is 6.60. The van der Waals surface area contributed by atoms with Gasteiger partial charge in [0.1, 0.15) is 11.6 Å². The average Bonchev–Trinajstić information content (AvgIpc) is 2.48. The van der Waals surface area contributed by atoms with Gasteiger partial charge in [-0.2, -0.15) is 0 Å². The summed E-state index contributed by atoms with van der Waals surface area (Å²) < 4.78 is 13.0. The minimum atomic E-state index is -0.390. The van der Waals surface area contributed by atoms with Crippen LogP contribution in [-0.2, 0) is 10.3 Å². The minimum Gasteiger partial charge on any atom is -0.300 e.